The second kappa shape index (κ2) is 7.14. The van der Waals surface area contributed by atoms with Crippen LogP contribution in [0.2, 0.25) is 0 Å². The summed E-state index contributed by atoms with van der Waals surface area (Å²) in [5.74, 6) is 1.32. The lowest BCUT2D eigenvalue weighted by atomic mass is 10.2. The molecule has 0 aliphatic heterocycles. The molecule has 0 aliphatic carbocycles. The molecule has 0 amide bonds. The van der Waals surface area contributed by atoms with Gasteiger partial charge in [-0.3, -0.25) is 0 Å². The van der Waals surface area contributed by atoms with E-state index in [0.717, 1.165) is 10.6 Å². The zero-order valence-electron chi connectivity index (χ0n) is 14.3. The van der Waals surface area contributed by atoms with Crippen LogP contribution in [0.1, 0.15) is 5.82 Å². The van der Waals surface area contributed by atoms with E-state index in [4.69, 9.17) is 4.74 Å². The van der Waals surface area contributed by atoms with Crippen LogP contribution in [0.4, 0.5) is 0 Å². The molecular formula is C17H18N4O4S. The first kappa shape index (κ1) is 17.9. The molecule has 8 nitrogen and oxygen atoms in total. The van der Waals surface area contributed by atoms with Crippen LogP contribution in [-0.2, 0) is 16.6 Å². The third kappa shape index (κ3) is 3.84. The maximum Gasteiger partial charge on any atom is 0.348 e. The lowest BCUT2D eigenvalue weighted by Gasteiger charge is -2.16. The number of hydrogen-bond acceptors (Lipinski definition) is 5. The molecular weight excluding hydrogens is 356 g/mol. The Morgan fingerprint density at radius 3 is 2.46 bits per heavy atom. The number of aromatic amines is 1. The van der Waals surface area contributed by atoms with Gasteiger partial charge in [-0.15, -0.1) is 0 Å². The molecule has 26 heavy (non-hydrogen) atoms. The van der Waals surface area contributed by atoms with Crippen LogP contribution < -0.4 is 10.4 Å². The van der Waals surface area contributed by atoms with Gasteiger partial charge >= 0.3 is 5.69 Å². The van der Waals surface area contributed by atoms with Crippen molar-refractivity contribution in [2.24, 2.45) is 0 Å². The van der Waals surface area contributed by atoms with Crippen molar-refractivity contribution in [1.82, 2.24) is 19.1 Å². The summed E-state index contributed by atoms with van der Waals surface area (Å²) >= 11 is 0. The summed E-state index contributed by atoms with van der Waals surface area (Å²) in [6.45, 7) is -0.0583. The van der Waals surface area contributed by atoms with Crippen LogP contribution in [0.5, 0.6) is 11.5 Å². The van der Waals surface area contributed by atoms with Gasteiger partial charge in [0.15, 0.2) is 11.6 Å². The summed E-state index contributed by atoms with van der Waals surface area (Å²) < 4.78 is 31.6. The molecule has 0 saturated heterocycles. The van der Waals surface area contributed by atoms with Crippen molar-refractivity contribution >= 4 is 10.0 Å². The van der Waals surface area contributed by atoms with Gasteiger partial charge in [-0.25, -0.2) is 22.9 Å². The van der Waals surface area contributed by atoms with Gasteiger partial charge in [-0.05, 0) is 24.3 Å². The number of benzene rings is 2. The topological polar surface area (TPSA) is 97.3 Å². The SMILES string of the molecule is CN(Cc1n[nH]c(=O)n1-c1ccccc1Oc1ccccc1)S(C)(=O)=O. The molecule has 0 bridgehead atoms. The summed E-state index contributed by atoms with van der Waals surface area (Å²) in [5.41, 5.74) is -0.0157. The maximum atomic E-state index is 12.3. The Morgan fingerprint density at radius 2 is 1.77 bits per heavy atom. The van der Waals surface area contributed by atoms with Crippen molar-refractivity contribution in [3.05, 3.63) is 70.9 Å². The van der Waals surface area contributed by atoms with Crippen LogP contribution in [0, 0.1) is 0 Å². The van der Waals surface area contributed by atoms with E-state index in [1.165, 1.54) is 11.6 Å². The average molecular weight is 374 g/mol. The number of ether oxygens (including phenoxy) is 1. The molecule has 1 aromatic heterocycles. The van der Waals surface area contributed by atoms with Crippen molar-refractivity contribution in [3.8, 4) is 17.2 Å². The van der Waals surface area contributed by atoms with Gasteiger partial charge in [0, 0.05) is 7.05 Å². The molecule has 1 heterocycles. The Hall–Kier alpha value is -2.91. The molecule has 0 aliphatic rings. The zero-order valence-corrected chi connectivity index (χ0v) is 15.1. The second-order valence-electron chi connectivity index (χ2n) is 5.68. The van der Waals surface area contributed by atoms with Gasteiger partial charge in [0.1, 0.15) is 5.75 Å². The smallest absolute Gasteiger partial charge is 0.348 e. The molecule has 2 aromatic carbocycles. The number of nitrogens with one attached hydrogen (secondary N) is 1. The van der Waals surface area contributed by atoms with Crippen molar-refractivity contribution in [1.29, 1.82) is 0 Å². The fraction of sp³-hybridized carbons (Fsp3) is 0.176. The quantitative estimate of drug-likeness (QED) is 0.709. The molecule has 0 spiro atoms. The number of nitrogens with zero attached hydrogens (tertiary/aromatic N) is 3. The van der Waals surface area contributed by atoms with Crippen LogP contribution in [0.25, 0.3) is 5.69 Å². The number of hydrogen-bond donors (Lipinski definition) is 1. The molecule has 1 N–H and O–H groups in total. The Bertz CT molecular complexity index is 1060. The minimum absolute atomic E-state index is 0.0583. The number of H-pyrrole nitrogens is 1. The molecule has 0 radical (unpaired) electrons. The highest BCUT2D eigenvalue weighted by molar-refractivity contribution is 7.88. The number of rotatable bonds is 6. The molecule has 0 atom stereocenters. The average Bonchev–Trinajstić information content (AvgIpc) is 2.96. The van der Waals surface area contributed by atoms with Crippen LogP contribution in [-0.4, -0.2) is 40.8 Å². The molecule has 9 heteroatoms. The summed E-state index contributed by atoms with van der Waals surface area (Å²) in [6.07, 6.45) is 1.09. The van der Waals surface area contributed by atoms with Crippen LogP contribution >= 0.6 is 0 Å². The van der Waals surface area contributed by atoms with Gasteiger partial charge in [-0.2, -0.15) is 9.40 Å². The Balaban J connectivity index is 2.03. The number of aromatic nitrogens is 3. The van der Waals surface area contributed by atoms with E-state index in [2.05, 4.69) is 10.2 Å². The first-order chi connectivity index (χ1) is 12.4. The molecule has 136 valence electrons. The predicted molar refractivity (Wildman–Crippen MR) is 97.0 cm³/mol. The van der Waals surface area contributed by atoms with Gasteiger partial charge in [0.05, 0.1) is 18.5 Å². The Labute approximate surface area is 150 Å². The van der Waals surface area contributed by atoms with E-state index < -0.39 is 15.7 Å². The normalized spacial score (nSPS) is 11.7. The van der Waals surface area contributed by atoms with E-state index >= 15 is 0 Å². The highest BCUT2D eigenvalue weighted by Crippen LogP contribution is 2.27. The highest BCUT2D eigenvalue weighted by Gasteiger charge is 2.19. The Morgan fingerprint density at radius 1 is 1.12 bits per heavy atom. The van der Waals surface area contributed by atoms with Gasteiger partial charge in [0.2, 0.25) is 10.0 Å². The number of sulfonamides is 1. The van der Waals surface area contributed by atoms with Crippen molar-refractivity contribution in [3.63, 3.8) is 0 Å². The van der Waals surface area contributed by atoms with E-state index in [0.29, 0.717) is 17.2 Å². The minimum Gasteiger partial charge on any atom is -0.455 e. The summed E-state index contributed by atoms with van der Waals surface area (Å²) in [6, 6.07) is 16.1. The van der Waals surface area contributed by atoms with Crippen LogP contribution in [0.3, 0.4) is 0 Å². The summed E-state index contributed by atoms with van der Waals surface area (Å²) in [5, 5.41) is 6.32. The van der Waals surface area contributed by atoms with Gasteiger partial charge < -0.3 is 4.74 Å². The van der Waals surface area contributed by atoms with Gasteiger partial charge in [-0.1, -0.05) is 30.3 Å². The largest absolute Gasteiger partial charge is 0.455 e. The molecule has 3 aromatic rings. The molecule has 0 fully saturated rings. The fourth-order valence-electron chi connectivity index (χ4n) is 2.34. The van der Waals surface area contributed by atoms with E-state index in [9.17, 15) is 13.2 Å². The predicted octanol–water partition coefficient (Wildman–Crippen LogP) is 1.74. The highest BCUT2D eigenvalue weighted by atomic mass is 32.2. The van der Waals surface area contributed by atoms with Crippen molar-refractivity contribution < 1.29 is 13.2 Å². The van der Waals surface area contributed by atoms with E-state index in [-0.39, 0.29) is 12.4 Å². The molecule has 3 rings (SSSR count). The number of para-hydroxylation sites is 3. The summed E-state index contributed by atoms with van der Waals surface area (Å²) in [7, 11) is -1.99. The van der Waals surface area contributed by atoms with E-state index in [1.807, 2.05) is 18.2 Å². The molecule has 0 unspecified atom stereocenters. The summed E-state index contributed by atoms with van der Waals surface area (Å²) in [4.78, 5) is 12.3. The maximum absolute atomic E-state index is 12.3. The fourth-order valence-corrected chi connectivity index (χ4v) is 2.69. The lowest BCUT2D eigenvalue weighted by molar-refractivity contribution is 0.455. The second-order valence-corrected chi connectivity index (χ2v) is 7.77. The van der Waals surface area contributed by atoms with Gasteiger partial charge in [0.25, 0.3) is 0 Å². The third-order valence-electron chi connectivity index (χ3n) is 3.75. The Kier molecular flexibility index (Phi) is 4.92. The standard InChI is InChI=1S/C17H18N4O4S/c1-20(26(2,23)24)12-16-18-19-17(22)21(16)14-10-6-7-11-15(14)25-13-8-4-3-5-9-13/h3-11H,12H2,1-2H3,(H,19,22). The van der Waals surface area contributed by atoms with Crippen molar-refractivity contribution in [2.45, 2.75) is 6.54 Å². The first-order valence-corrected chi connectivity index (χ1v) is 9.61. The molecule has 0 saturated carbocycles. The van der Waals surface area contributed by atoms with E-state index in [1.54, 1.807) is 36.4 Å². The zero-order chi connectivity index (χ0) is 18.7. The minimum atomic E-state index is -3.42. The first-order valence-electron chi connectivity index (χ1n) is 7.76. The lowest BCUT2D eigenvalue weighted by Crippen LogP contribution is -2.28. The third-order valence-corrected chi connectivity index (χ3v) is 5.01. The van der Waals surface area contributed by atoms with Crippen LogP contribution in [0.15, 0.2) is 59.4 Å². The van der Waals surface area contributed by atoms with Crippen molar-refractivity contribution in [2.75, 3.05) is 13.3 Å². The monoisotopic (exact) mass is 374 g/mol.